The second-order valence-corrected chi connectivity index (χ2v) is 3.69. The van der Waals surface area contributed by atoms with Crippen molar-refractivity contribution >= 4 is 11.8 Å². The van der Waals surface area contributed by atoms with Crippen LogP contribution in [0.5, 0.6) is 5.75 Å². The van der Waals surface area contributed by atoms with Crippen LogP contribution in [0.1, 0.15) is 23.7 Å². The van der Waals surface area contributed by atoms with Crippen LogP contribution >= 0.6 is 0 Å². The highest BCUT2D eigenvalue weighted by molar-refractivity contribution is 6.08. The zero-order chi connectivity index (χ0) is 13.7. The molecule has 1 unspecified atom stereocenters. The minimum Gasteiger partial charge on any atom is -0.497 e. The summed E-state index contributed by atoms with van der Waals surface area (Å²) < 4.78 is 23.1. The lowest BCUT2D eigenvalue weighted by Crippen LogP contribution is -2.25. The summed E-state index contributed by atoms with van der Waals surface area (Å²) in [6, 6.07) is 3.89. The molecule has 0 saturated heterocycles. The number of halogens is 1. The zero-order valence-electron chi connectivity index (χ0n) is 10.5. The molecule has 98 valence electrons. The number of rotatable bonds is 5. The van der Waals surface area contributed by atoms with E-state index in [4.69, 9.17) is 4.74 Å². The van der Waals surface area contributed by atoms with Gasteiger partial charge < -0.3 is 9.47 Å². The standard InChI is InChI=1S/C13H15FO4/c1-4-9(13(16)18-3)12(15)10-6-5-8(17-2)7-11(10)14/h5-7,9H,4H2,1-3H3. The van der Waals surface area contributed by atoms with Crippen LogP contribution in [0.3, 0.4) is 0 Å². The molecule has 0 fully saturated rings. The Morgan fingerprint density at radius 3 is 2.44 bits per heavy atom. The monoisotopic (exact) mass is 254 g/mol. The van der Waals surface area contributed by atoms with Crippen molar-refractivity contribution < 1.29 is 23.5 Å². The van der Waals surface area contributed by atoms with Crippen molar-refractivity contribution in [2.24, 2.45) is 5.92 Å². The minimum atomic E-state index is -0.974. The molecule has 0 aromatic heterocycles. The molecule has 0 aliphatic rings. The highest BCUT2D eigenvalue weighted by atomic mass is 19.1. The topological polar surface area (TPSA) is 52.6 Å². The van der Waals surface area contributed by atoms with Crippen molar-refractivity contribution in [3.8, 4) is 5.75 Å². The van der Waals surface area contributed by atoms with Gasteiger partial charge in [-0.2, -0.15) is 0 Å². The van der Waals surface area contributed by atoms with E-state index in [1.54, 1.807) is 6.92 Å². The number of ketones is 1. The molecule has 4 nitrogen and oxygen atoms in total. The van der Waals surface area contributed by atoms with E-state index in [-0.39, 0.29) is 12.0 Å². The number of hydrogen-bond donors (Lipinski definition) is 0. The second kappa shape index (κ2) is 6.14. The fourth-order valence-electron chi connectivity index (χ4n) is 1.61. The van der Waals surface area contributed by atoms with Gasteiger partial charge in [-0.15, -0.1) is 0 Å². The molecule has 5 heteroatoms. The number of hydrogen-bond acceptors (Lipinski definition) is 4. The zero-order valence-corrected chi connectivity index (χ0v) is 10.5. The van der Waals surface area contributed by atoms with Gasteiger partial charge in [-0.25, -0.2) is 4.39 Å². The summed E-state index contributed by atoms with van der Waals surface area (Å²) in [6.07, 6.45) is 0.261. The third-order valence-electron chi connectivity index (χ3n) is 2.65. The predicted molar refractivity (Wildman–Crippen MR) is 63.1 cm³/mol. The van der Waals surface area contributed by atoms with E-state index < -0.39 is 23.5 Å². The third kappa shape index (κ3) is 2.85. The molecular formula is C13H15FO4. The van der Waals surface area contributed by atoms with Crippen molar-refractivity contribution in [1.82, 2.24) is 0 Å². The number of esters is 1. The Bertz CT molecular complexity index is 456. The number of carbonyl (C=O) groups excluding carboxylic acids is 2. The molecular weight excluding hydrogens is 239 g/mol. The third-order valence-corrected chi connectivity index (χ3v) is 2.65. The molecule has 0 heterocycles. The lowest BCUT2D eigenvalue weighted by atomic mass is 9.95. The summed E-state index contributed by atoms with van der Waals surface area (Å²) in [5, 5.41) is 0. The summed E-state index contributed by atoms with van der Waals surface area (Å²) in [7, 11) is 2.60. The highest BCUT2D eigenvalue weighted by Crippen LogP contribution is 2.21. The average Bonchev–Trinajstić information content (AvgIpc) is 2.38. The van der Waals surface area contributed by atoms with Crippen LogP contribution in [-0.4, -0.2) is 26.0 Å². The van der Waals surface area contributed by atoms with E-state index in [2.05, 4.69) is 4.74 Å². The lowest BCUT2D eigenvalue weighted by molar-refractivity contribution is -0.143. The van der Waals surface area contributed by atoms with E-state index in [0.717, 1.165) is 6.07 Å². The van der Waals surface area contributed by atoms with Crippen LogP contribution in [0.15, 0.2) is 18.2 Å². The van der Waals surface area contributed by atoms with Gasteiger partial charge in [0.2, 0.25) is 0 Å². The first kappa shape index (κ1) is 14.2. The summed E-state index contributed by atoms with van der Waals surface area (Å²) >= 11 is 0. The SMILES string of the molecule is CCC(C(=O)OC)C(=O)c1ccc(OC)cc1F. The molecule has 0 bridgehead atoms. The normalized spacial score (nSPS) is 11.8. The van der Waals surface area contributed by atoms with Crippen molar-refractivity contribution in [1.29, 1.82) is 0 Å². The van der Waals surface area contributed by atoms with Crippen LogP contribution in [0, 0.1) is 11.7 Å². The Morgan fingerprint density at radius 1 is 1.33 bits per heavy atom. The first-order valence-corrected chi connectivity index (χ1v) is 5.50. The van der Waals surface area contributed by atoms with E-state index in [9.17, 15) is 14.0 Å². The molecule has 1 aromatic rings. The largest absolute Gasteiger partial charge is 0.497 e. The van der Waals surface area contributed by atoms with Gasteiger partial charge in [0.1, 0.15) is 17.5 Å². The number of carbonyl (C=O) groups is 2. The second-order valence-electron chi connectivity index (χ2n) is 3.69. The van der Waals surface area contributed by atoms with E-state index >= 15 is 0 Å². The van der Waals surface area contributed by atoms with Crippen LogP contribution in [0.25, 0.3) is 0 Å². The van der Waals surface area contributed by atoms with Crippen LogP contribution in [0.2, 0.25) is 0 Å². The molecule has 18 heavy (non-hydrogen) atoms. The van der Waals surface area contributed by atoms with E-state index in [1.807, 2.05) is 0 Å². The average molecular weight is 254 g/mol. The fraction of sp³-hybridized carbons (Fsp3) is 0.385. The molecule has 0 aliphatic carbocycles. The van der Waals surface area contributed by atoms with Crippen LogP contribution < -0.4 is 4.74 Å². The molecule has 0 amide bonds. The van der Waals surface area contributed by atoms with Crippen LogP contribution in [-0.2, 0) is 9.53 Å². The Morgan fingerprint density at radius 2 is 2.00 bits per heavy atom. The fourth-order valence-corrected chi connectivity index (χ4v) is 1.61. The van der Waals surface area contributed by atoms with Gasteiger partial charge in [0.05, 0.1) is 19.8 Å². The molecule has 0 spiro atoms. The van der Waals surface area contributed by atoms with Gasteiger partial charge in [0.15, 0.2) is 5.78 Å². The van der Waals surface area contributed by atoms with E-state index in [1.165, 1.54) is 26.4 Å². The Hall–Kier alpha value is -1.91. The van der Waals surface area contributed by atoms with Gasteiger partial charge >= 0.3 is 5.97 Å². The van der Waals surface area contributed by atoms with E-state index in [0.29, 0.717) is 5.75 Å². The molecule has 1 aromatic carbocycles. The van der Waals surface area contributed by atoms with Crippen molar-refractivity contribution in [2.75, 3.05) is 14.2 Å². The highest BCUT2D eigenvalue weighted by Gasteiger charge is 2.28. The Kier molecular flexibility index (Phi) is 4.83. The van der Waals surface area contributed by atoms with Gasteiger partial charge in [-0.3, -0.25) is 9.59 Å². The van der Waals surface area contributed by atoms with Gasteiger partial charge in [0, 0.05) is 6.07 Å². The summed E-state index contributed by atoms with van der Waals surface area (Å²) in [5.74, 6) is -2.60. The van der Waals surface area contributed by atoms with Crippen molar-refractivity contribution in [3.63, 3.8) is 0 Å². The first-order chi connectivity index (χ1) is 8.54. The maximum atomic E-state index is 13.7. The van der Waals surface area contributed by atoms with Gasteiger partial charge in [-0.1, -0.05) is 6.92 Å². The number of Topliss-reactive ketones (excluding diaryl/α,β-unsaturated/α-hetero) is 1. The van der Waals surface area contributed by atoms with Crippen LogP contribution in [0.4, 0.5) is 4.39 Å². The maximum absolute atomic E-state index is 13.7. The minimum absolute atomic E-state index is 0.131. The number of ether oxygens (including phenoxy) is 2. The number of benzene rings is 1. The molecule has 0 N–H and O–H groups in total. The van der Waals surface area contributed by atoms with Crippen molar-refractivity contribution in [3.05, 3.63) is 29.6 Å². The summed E-state index contributed by atoms with van der Waals surface area (Å²) in [6.45, 7) is 1.67. The van der Waals surface area contributed by atoms with Gasteiger partial charge in [0.25, 0.3) is 0 Å². The Labute approximate surface area is 105 Å². The molecule has 1 rings (SSSR count). The smallest absolute Gasteiger partial charge is 0.316 e. The quantitative estimate of drug-likeness (QED) is 0.459. The lowest BCUT2D eigenvalue weighted by Gasteiger charge is -2.12. The maximum Gasteiger partial charge on any atom is 0.316 e. The van der Waals surface area contributed by atoms with Gasteiger partial charge in [-0.05, 0) is 18.6 Å². The molecule has 0 radical (unpaired) electrons. The first-order valence-electron chi connectivity index (χ1n) is 5.50. The Balaban J connectivity index is 3.06. The molecule has 0 saturated carbocycles. The number of methoxy groups -OCH3 is 2. The molecule has 1 atom stereocenters. The summed E-state index contributed by atoms with van der Waals surface area (Å²) in [4.78, 5) is 23.4. The summed E-state index contributed by atoms with van der Waals surface area (Å²) in [5.41, 5.74) is -0.131. The predicted octanol–water partition coefficient (Wildman–Crippen LogP) is 2.22. The van der Waals surface area contributed by atoms with Crippen molar-refractivity contribution in [2.45, 2.75) is 13.3 Å². The molecule has 0 aliphatic heterocycles.